The molecule has 9 nitrogen and oxygen atoms in total. The van der Waals surface area contributed by atoms with Gasteiger partial charge in [-0.3, -0.25) is 9.59 Å². The number of hydrogen-bond acceptors (Lipinski definition) is 7. The van der Waals surface area contributed by atoms with Crippen molar-refractivity contribution in [2.45, 2.75) is 44.9 Å². The van der Waals surface area contributed by atoms with Crippen molar-refractivity contribution in [3.63, 3.8) is 0 Å². The number of aromatic nitrogens is 2. The van der Waals surface area contributed by atoms with Crippen molar-refractivity contribution in [1.29, 1.82) is 0 Å². The molecular formula is C30H33ClN4O5. The predicted molar refractivity (Wildman–Crippen MR) is 150 cm³/mol. The van der Waals surface area contributed by atoms with Crippen molar-refractivity contribution >= 4 is 23.4 Å². The van der Waals surface area contributed by atoms with E-state index in [0.29, 0.717) is 40.1 Å². The molecule has 0 saturated carbocycles. The van der Waals surface area contributed by atoms with Gasteiger partial charge in [-0.05, 0) is 55.0 Å². The number of hydrogen-bond donors (Lipinski definition) is 2. The molecule has 40 heavy (non-hydrogen) atoms. The van der Waals surface area contributed by atoms with E-state index in [9.17, 15) is 14.7 Å². The molecule has 1 fully saturated rings. The number of nitrogens with zero attached hydrogens (tertiary/aromatic N) is 3. The summed E-state index contributed by atoms with van der Waals surface area (Å²) in [6, 6.07) is 12.1. The highest BCUT2D eigenvalue weighted by molar-refractivity contribution is 6.32. The van der Waals surface area contributed by atoms with Crippen LogP contribution in [0.1, 0.15) is 53.1 Å². The number of carbonyl (C=O) groups is 2. The molecule has 2 atom stereocenters. The molecule has 0 unspecified atom stereocenters. The molecule has 3 heterocycles. The first-order valence-corrected chi connectivity index (χ1v) is 13.8. The Morgan fingerprint density at radius 2 is 2.05 bits per heavy atom. The average Bonchev–Trinajstić information content (AvgIpc) is 3.27. The van der Waals surface area contributed by atoms with Crippen molar-refractivity contribution in [3.8, 4) is 17.0 Å². The number of nitrogens with one attached hydrogen (secondary N) is 1. The van der Waals surface area contributed by atoms with E-state index < -0.39 is 12.1 Å². The first-order valence-electron chi connectivity index (χ1n) is 13.5. The molecule has 3 aromatic rings. The standard InChI is InChI=1S/C30H33ClN4O5/c1-18(36)28(20-4-3-5-23(13-20)39-2)34-27(37)17-35-16-22-7-6-21(14-24(22)30(35)38)29-25(31)15-32-26(33-29)12-19-8-10-40-11-9-19/h3-7,13-15,18-19,28,36H,8-12,16-17H2,1-2H3,(H,34,37)/t18-,28+/m0/s1. The number of halogens is 1. The van der Waals surface area contributed by atoms with Gasteiger partial charge in [0.05, 0.1) is 30.0 Å². The van der Waals surface area contributed by atoms with Crippen molar-refractivity contribution in [3.05, 3.63) is 76.2 Å². The smallest absolute Gasteiger partial charge is 0.254 e. The van der Waals surface area contributed by atoms with Crippen LogP contribution in [0, 0.1) is 5.92 Å². The number of fused-ring (bicyclic) bond motifs is 1. The number of rotatable bonds is 9. The van der Waals surface area contributed by atoms with Crippen LogP contribution < -0.4 is 10.1 Å². The molecule has 2 N–H and O–H groups in total. The molecule has 0 aliphatic carbocycles. The van der Waals surface area contributed by atoms with Crippen LogP contribution in [-0.4, -0.2) is 64.8 Å². The van der Waals surface area contributed by atoms with E-state index >= 15 is 0 Å². The van der Waals surface area contributed by atoms with Crippen LogP contribution in [0.5, 0.6) is 5.75 Å². The molecular weight excluding hydrogens is 532 g/mol. The largest absolute Gasteiger partial charge is 0.497 e. The van der Waals surface area contributed by atoms with E-state index in [1.54, 1.807) is 44.5 Å². The van der Waals surface area contributed by atoms with Gasteiger partial charge in [-0.25, -0.2) is 9.97 Å². The maximum Gasteiger partial charge on any atom is 0.254 e. The SMILES string of the molecule is COc1cccc([C@H](NC(=O)CN2Cc3ccc(-c4nc(CC5CCOCC5)ncc4Cl)cc3C2=O)[C@H](C)O)c1. The summed E-state index contributed by atoms with van der Waals surface area (Å²) in [7, 11) is 1.56. The van der Waals surface area contributed by atoms with Gasteiger partial charge in [-0.2, -0.15) is 0 Å². The summed E-state index contributed by atoms with van der Waals surface area (Å²) in [4.78, 5) is 37.0. The number of carbonyl (C=O) groups excluding carboxylic acids is 2. The van der Waals surface area contributed by atoms with E-state index in [1.807, 2.05) is 18.2 Å². The van der Waals surface area contributed by atoms with Crippen LogP contribution in [0.3, 0.4) is 0 Å². The monoisotopic (exact) mass is 564 g/mol. The van der Waals surface area contributed by atoms with Crippen LogP contribution in [0.25, 0.3) is 11.3 Å². The second kappa shape index (κ2) is 12.3. The zero-order valence-electron chi connectivity index (χ0n) is 22.6. The molecule has 210 valence electrons. The number of amides is 2. The zero-order chi connectivity index (χ0) is 28.2. The Balaban J connectivity index is 1.28. The zero-order valence-corrected chi connectivity index (χ0v) is 23.4. The highest BCUT2D eigenvalue weighted by Crippen LogP contribution is 2.32. The summed E-state index contributed by atoms with van der Waals surface area (Å²) >= 11 is 6.48. The molecule has 10 heteroatoms. The predicted octanol–water partition coefficient (Wildman–Crippen LogP) is 3.97. The van der Waals surface area contributed by atoms with E-state index in [0.717, 1.165) is 49.4 Å². The van der Waals surface area contributed by atoms with Gasteiger partial charge in [0.1, 0.15) is 18.1 Å². The molecule has 0 bridgehead atoms. The van der Waals surface area contributed by atoms with Gasteiger partial charge in [0, 0.05) is 43.5 Å². The van der Waals surface area contributed by atoms with Crippen LogP contribution in [0.4, 0.5) is 0 Å². The van der Waals surface area contributed by atoms with Gasteiger partial charge < -0.3 is 24.8 Å². The lowest BCUT2D eigenvalue weighted by atomic mass is 9.96. The molecule has 0 spiro atoms. The van der Waals surface area contributed by atoms with Crippen molar-refractivity contribution in [2.24, 2.45) is 5.92 Å². The van der Waals surface area contributed by atoms with Gasteiger partial charge in [-0.15, -0.1) is 0 Å². The van der Waals surface area contributed by atoms with Crippen molar-refractivity contribution in [1.82, 2.24) is 20.2 Å². The Morgan fingerprint density at radius 3 is 2.80 bits per heavy atom. The Bertz CT molecular complexity index is 1390. The molecule has 5 rings (SSSR count). The Hall–Kier alpha value is -3.53. The lowest BCUT2D eigenvalue weighted by molar-refractivity contribution is -0.123. The average molecular weight is 565 g/mol. The summed E-state index contributed by atoms with van der Waals surface area (Å²) in [5.74, 6) is 1.21. The van der Waals surface area contributed by atoms with Gasteiger partial charge in [0.15, 0.2) is 0 Å². The van der Waals surface area contributed by atoms with Gasteiger partial charge in [0.2, 0.25) is 5.91 Å². The quantitative estimate of drug-likeness (QED) is 0.404. The normalized spacial score (nSPS) is 16.9. The van der Waals surface area contributed by atoms with Gasteiger partial charge >= 0.3 is 0 Å². The molecule has 0 radical (unpaired) electrons. The van der Waals surface area contributed by atoms with Crippen LogP contribution in [0.2, 0.25) is 5.02 Å². The second-order valence-corrected chi connectivity index (χ2v) is 10.7. The summed E-state index contributed by atoms with van der Waals surface area (Å²) in [5, 5.41) is 13.6. The van der Waals surface area contributed by atoms with Crippen LogP contribution in [-0.2, 0) is 22.5 Å². The first-order chi connectivity index (χ1) is 19.3. The maximum atomic E-state index is 13.3. The number of ether oxygens (including phenoxy) is 2. The Kier molecular flexibility index (Phi) is 8.63. The lowest BCUT2D eigenvalue weighted by Crippen LogP contribution is -2.41. The molecule has 2 aliphatic heterocycles. The molecule has 2 aliphatic rings. The fourth-order valence-corrected chi connectivity index (χ4v) is 5.46. The van der Waals surface area contributed by atoms with E-state index in [4.69, 9.17) is 26.1 Å². The third-order valence-electron chi connectivity index (χ3n) is 7.45. The Labute approximate surface area is 238 Å². The van der Waals surface area contributed by atoms with Crippen LogP contribution >= 0.6 is 11.6 Å². The van der Waals surface area contributed by atoms with Crippen molar-refractivity contribution in [2.75, 3.05) is 26.9 Å². The topological polar surface area (TPSA) is 114 Å². The maximum absolute atomic E-state index is 13.3. The minimum absolute atomic E-state index is 0.139. The minimum Gasteiger partial charge on any atom is -0.497 e. The lowest BCUT2D eigenvalue weighted by Gasteiger charge is -2.24. The summed E-state index contributed by atoms with van der Waals surface area (Å²) in [6.45, 7) is 3.29. The van der Waals surface area contributed by atoms with E-state index in [1.165, 1.54) is 4.90 Å². The number of aliphatic hydroxyl groups is 1. The third-order valence-corrected chi connectivity index (χ3v) is 7.73. The number of aliphatic hydroxyl groups excluding tert-OH is 1. The van der Waals surface area contributed by atoms with Gasteiger partial charge in [-0.1, -0.05) is 35.9 Å². The van der Waals surface area contributed by atoms with Crippen LogP contribution in [0.15, 0.2) is 48.7 Å². The molecule has 1 aromatic heterocycles. The Morgan fingerprint density at radius 1 is 1.25 bits per heavy atom. The number of benzene rings is 2. The van der Waals surface area contributed by atoms with E-state index in [-0.39, 0.29) is 18.4 Å². The first kappa shape index (κ1) is 28.0. The minimum atomic E-state index is -0.848. The summed E-state index contributed by atoms with van der Waals surface area (Å²) in [5.41, 5.74) is 3.37. The number of methoxy groups -OCH3 is 1. The fourth-order valence-electron chi connectivity index (χ4n) is 5.26. The van der Waals surface area contributed by atoms with E-state index in [2.05, 4.69) is 10.3 Å². The molecule has 2 aromatic carbocycles. The highest BCUT2D eigenvalue weighted by Gasteiger charge is 2.31. The fraction of sp³-hybridized carbons (Fsp3) is 0.400. The second-order valence-electron chi connectivity index (χ2n) is 10.3. The summed E-state index contributed by atoms with van der Waals surface area (Å²) < 4.78 is 10.7. The van der Waals surface area contributed by atoms with Gasteiger partial charge in [0.25, 0.3) is 5.91 Å². The van der Waals surface area contributed by atoms with Crippen molar-refractivity contribution < 1.29 is 24.2 Å². The summed E-state index contributed by atoms with van der Waals surface area (Å²) in [6.07, 6.45) is 3.49. The third kappa shape index (κ3) is 6.27. The highest BCUT2D eigenvalue weighted by atomic mass is 35.5. The molecule has 1 saturated heterocycles. The molecule has 2 amide bonds.